The van der Waals surface area contributed by atoms with Crippen LogP contribution in [-0.4, -0.2) is 11.2 Å². The predicted molar refractivity (Wildman–Crippen MR) is 63.0 cm³/mol. The summed E-state index contributed by atoms with van der Waals surface area (Å²) in [6.45, 7) is 4.22. The lowest BCUT2D eigenvalue weighted by molar-refractivity contribution is 0.0426. The minimum atomic E-state index is -0.404. The van der Waals surface area contributed by atoms with E-state index in [0.29, 0.717) is 12.3 Å². The predicted octanol–water partition coefficient (Wildman–Crippen LogP) is 3.29. The molecule has 1 aromatic carbocycles. The van der Waals surface area contributed by atoms with E-state index in [2.05, 4.69) is 29.8 Å². The summed E-state index contributed by atoms with van der Waals surface area (Å²) in [6.07, 6.45) is 0.397. The minimum Gasteiger partial charge on any atom is -0.490 e. The summed E-state index contributed by atoms with van der Waals surface area (Å²) in [5, 5.41) is 10.0. The summed E-state index contributed by atoms with van der Waals surface area (Å²) < 4.78 is 6.82. The van der Waals surface area contributed by atoms with Gasteiger partial charge in [0.25, 0.3) is 0 Å². The van der Waals surface area contributed by atoms with Crippen LogP contribution in [0.25, 0.3) is 0 Å². The van der Waals surface area contributed by atoms with Crippen molar-refractivity contribution in [1.29, 1.82) is 0 Å². The first-order chi connectivity index (χ1) is 7.08. The molecule has 0 unspecified atom stereocenters. The molecule has 0 aliphatic carbocycles. The van der Waals surface area contributed by atoms with Crippen LogP contribution in [0, 0.1) is 5.92 Å². The second kappa shape index (κ2) is 4.14. The summed E-state index contributed by atoms with van der Waals surface area (Å²) in [5.74, 6) is 1.24. The van der Waals surface area contributed by atoms with Gasteiger partial charge in [0.05, 0.1) is 6.10 Å². The maximum Gasteiger partial charge on any atom is 0.125 e. The van der Waals surface area contributed by atoms with E-state index in [1.165, 1.54) is 0 Å². The number of ether oxygens (including phenoxy) is 1. The molecular formula is C12H15BrO2. The van der Waals surface area contributed by atoms with E-state index in [4.69, 9.17) is 4.74 Å². The second-order valence-corrected chi connectivity index (χ2v) is 5.25. The first kappa shape index (κ1) is 11.0. The monoisotopic (exact) mass is 270 g/mol. The van der Waals surface area contributed by atoms with Crippen molar-refractivity contribution in [2.75, 3.05) is 0 Å². The quantitative estimate of drug-likeness (QED) is 0.849. The van der Waals surface area contributed by atoms with Gasteiger partial charge < -0.3 is 9.84 Å². The zero-order valence-corrected chi connectivity index (χ0v) is 10.5. The lowest BCUT2D eigenvalue weighted by Gasteiger charge is -2.32. The van der Waals surface area contributed by atoms with Crippen molar-refractivity contribution < 1.29 is 9.84 Å². The van der Waals surface area contributed by atoms with Gasteiger partial charge in [0.2, 0.25) is 0 Å². The molecule has 0 radical (unpaired) electrons. The van der Waals surface area contributed by atoms with E-state index in [1.807, 2.05) is 18.2 Å². The van der Waals surface area contributed by atoms with Crippen molar-refractivity contribution >= 4 is 15.9 Å². The molecule has 0 saturated carbocycles. The van der Waals surface area contributed by atoms with E-state index in [0.717, 1.165) is 15.8 Å². The smallest absolute Gasteiger partial charge is 0.125 e. The summed E-state index contributed by atoms with van der Waals surface area (Å²) >= 11 is 3.40. The van der Waals surface area contributed by atoms with Gasteiger partial charge in [-0.2, -0.15) is 0 Å². The first-order valence-electron chi connectivity index (χ1n) is 5.22. The highest BCUT2D eigenvalue weighted by Crippen LogP contribution is 2.38. The van der Waals surface area contributed by atoms with Gasteiger partial charge in [-0.25, -0.2) is 0 Å². The van der Waals surface area contributed by atoms with Crippen LogP contribution >= 0.6 is 15.9 Å². The Morgan fingerprint density at radius 3 is 2.87 bits per heavy atom. The van der Waals surface area contributed by atoms with Gasteiger partial charge in [0.15, 0.2) is 0 Å². The molecule has 0 bridgehead atoms. The fourth-order valence-corrected chi connectivity index (χ4v) is 2.23. The summed E-state index contributed by atoms with van der Waals surface area (Å²) in [5.41, 5.74) is 0.890. The van der Waals surface area contributed by atoms with Crippen LogP contribution in [0.2, 0.25) is 0 Å². The van der Waals surface area contributed by atoms with Gasteiger partial charge in [0.1, 0.15) is 11.9 Å². The van der Waals surface area contributed by atoms with E-state index >= 15 is 0 Å². The molecule has 1 heterocycles. The standard InChI is InChI=1S/C12H15BrO2/c1-7(2)12-6-10(14)9-5-8(13)3-4-11(9)15-12/h3-5,7,10,12,14H,6H2,1-2H3/t10-,12-/m0/s1. The largest absolute Gasteiger partial charge is 0.490 e. The highest BCUT2D eigenvalue weighted by molar-refractivity contribution is 9.10. The first-order valence-corrected chi connectivity index (χ1v) is 6.01. The molecule has 0 aromatic heterocycles. The van der Waals surface area contributed by atoms with E-state index in [-0.39, 0.29) is 6.10 Å². The van der Waals surface area contributed by atoms with Crippen molar-refractivity contribution in [3.63, 3.8) is 0 Å². The average Bonchev–Trinajstić information content (AvgIpc) is 2.18. The third-order valence-corrected chi connectivity index (χ3v) is 3.30. The molecule has 0 fully saturated rings. The Bertz CT molecular complexity index is 363. The van der Waals surface area contributed by atoms with Crippen molar-refractivity contribution in [2.45, 2.75) is 32.5 Å². The average molecular weight is 271 g/mol. The zero-order valence-electron chi connectivity index (χ0n) is 8.90. The number of hydrogen-bond donors (Lipinski definition) is 1. The molecule has 0 spiro atoms. The third-order valence-electron chi connectivity index (χ3n) is 2.81. The van der Waals surface area contributed by atoms with Gasteiger partial charge in [-0.05, 0) is 24.1 Å². The Morgan fingerprint density at radius 1 is 1.47 bits per heavy atom. The number of rotatable bonds is 1. The molecule has 3 heteroatoms. The molecule has 1 N–H and O–H groups in total. The van der Waals surface area contributed by atoms with Gasteiger partial charge >= 0.3 is 0 Å². The lowest BCUT2D eigenvalue weighted by Crippen LogP contribution is -2.30. The van der Waals surface area contributed by atoms with Crippen LogP contribution in [0.3, 0.4) is 0 Å². The highest BCUT2D eigenvalue weighted by atomic mass is 79.9. The van der Waals surface area contributed by atoms with E-state index in [9.17, 15) is 5.11 Å². The van der Waals surface area contributed by atoms with Crippen LogP contribution in [-0.2, 0) is 0 Å². The molecule has 82 valence electrons. The number of hydrogen-bond acceptors (Lipinski definition) is 2. The lowest BCUT2D eigenvalue weighted by atomic mass is 9.93. The van der Waals surface area contributed by atoms with E-state index < -0.39 is 6.10 Å². The van der Waals surface area contributed by atoms with Crippen LogP contribution in [0.1, 0.15) is 31.9 Å². The number of fused-ring (bicyclic) bond motifs is 1. The Hall–Kier alpha value is -0.540. The number of benzene rings is 1. The summed E-state index contributed by atoms with van der Waals surface area (Å²) in [6, 6.07) is 5.78. The van der Waals surface area contributed by atoms with Gasteiger partial charge in [-0.3, -0.25) is 0 Å². The normalized spacial score (nSPS) is 24.9. The minimum absolute atomic E-state index is 0.119. The Balaban J connectivity index is 2.32. The summed E-state index contributed by atoms with van der Waals surface area (Å²) in [7, 11) is 0. The number of aliphatic hydroxyl groups is 1. The highest BCUT2D eigenvalue weighted by Gasteiger charge is 2.28. The second-order valence-electron chi connectivity index (χ2n) is 4.33. The van der Waals surface area contributed by atoms with Crippen LogP contribution < -0.4 is 4.74 Å². The fraction of sp³-hybridized carbons (Fsp3) is 0.500. The van der Waals surface area contributed by atoms with Crippen LogP contribution in [0.5, 0.6) is 5.75 Å². The molecule has 2 nitrogen and oxygen atoms in total. The van der Waals surface area contributed by atoms with Gasteiger partial charge in [-0.1, -0.05) is 29.8 Å². The molecular weight excluding hydrogens is 256 g/mol. The number of halogens is 1. The molecule has 2 rings (SSSR count). The molecule has 0 amide bonds. The topological polar surface area (TPSA) is 29.5 Å². The maximum atomic E-state index is 10.0. The van der Waals surface area contributed by atoms with Crippen molar-refractivity contribution in [2.24, 2.45) is 5.92 Å². The van der Waals surface area contributed by atoms with Crippen molar-refractivity contribution in [1.82, 2.24) is 0 Å². The Labute approximate surface area is 98.4 Å². The third kappa shape index (κ3) is 2.18. The molecule has 1 aliphatic heterocycles. The summed E-state index contributed by atoms with van der Waals surface area (Å²) in [4.78, 5) is 0. The van der Waals surface area contributed by atoms with E-state index in [1.54, 1.807) is 0 Å². The molecule has 1 aromatic rings. The van der Waals surface area contributed by atoms with Crippen LogP contribution in [0.4, 0.5) is 0 Å². The number of aliphatic hydroxyl groups excluding tert-OH is 1. The zero-order chi connectivity index (χ0) is 11.0. The fourth-order valence-electron chi connectivity index (χ4n) is 1.85. The Kier molecular flexibility index (Phi) is 3.03. The molecule has 15 heavy (non-hydrogen) atoms. The van der Waals surface area contributed by atoms with Crippen molar-refractivity contribution in [3.05, 3.63) is 28.2 Å². The Morgan fingerprint density at radius 2 is 2.20 bits per heavy atom. The van der Waals surface area contributed by atoms with Crippen LogP contribution in [0.15, 0.2) is 22.7 Å². The van der Waals surface area contributed by atoms with Gasteiger partial charge in [-0.15, -0.1) is 0 Å². The molecule has 0 saturated heterocycles. The maximum absolute atomic E-state index is 10.0. The van der Waals surface area contributed by atoms with Gasteiger partial charge in [0, 0.05) is 16.5 Å². The van der Waals surface area contributed by atoms with Crippen molar-refractivity contribution in [3.8, 4) is 5.75 Å². The molecule has 2 atom stereocenters. The molecule has 1 aliphatic rings. The SMILES string of the molecule is CC(C)[C@@H]1C[C@H](O)c2cc(Br)ccc2O1.